The Balaban J connectivity index is 1.90. The normalized spacial score (nSPS) is 96.5. The van der Waals surface area contributed by atoms with E-state index in [2.05, 4.69) is 6.92 Å². The van der Waals surface area contributed by atoms with Crippen molar-refractivity contribution in [3.8, 4) is 0 Å². The highest BCUT2D eigenvalue weighted by Gasteiger charge is 2.98. The fourth-order valence-electron chi connectivity index (χ4n) is 6.15. The summed E-state index contributed by atoms with van der Waals surface area (Å²) < 4.78 is 0. The molecule has 0 amide bonds. The van der Waals surface area contributed by atoms with Crippen molar-refractivity contribution in [1.82, 2.24) is 0 Å². The second-order valence-electron chi connectivity index (χ2n) is 5.74. The fraction of sp³-hybridized carbons (Fsp3) is 1.00. The van der Waals surface area contributed by atoms with Crippen molar-refractivity contribution in [2.75, 3.05) is 0 Å². The molecule has 6 unspecified atom stereocenters. The predicted octanol–water partition coefficient (Wildman–Crippen LogP) is 0.735. The van der Waals surface area contributed by atoms with Crippen LogP contribution in [0.1, 0.15) is 6.92 Å². The van der Waals surface area contributed by atoms with Crippen molar-refractivity contribution in [2.24, 2.45) is 46.8 Å². The number of rotatable bonds is 0. The summed E-state index contributed by atoms with van der Waals surface area (Å²) in [6.07, 6.45) is 0.145. The van der Waals surface area contributed by atoms with E-state index in [1.807, 2.05) is 0 Å². The van der Waals surface area contributed by atoms with Crippen molar-refractivity contribution in [3.63, 3.8) is 0 Å². The summed E-state index contributed by atoms with van der Waals surface area (Å²) in [5, 5.41) is 9.86. The van der Waals surface area contributed by atoms with E-state index < -0.39 is 0 Å². The number of aliphatic hydroxyl groups is 1. The molecule has 1 nitrogen and oxygen atoms in total. The first kappa shape index (κ1) is 4.86. The summed E-state index contributed by atoms with van der Waals surface area (Å²) >= 11 is 0. The summed E-state index contributed by atoms with van der Waals surface area (Å²) in [7, 11) is 0. The van der Waals surface area contributed by atoms with Crippen LogP contribution in [0.15, 0.2) is 0 Å². The lowest BCUT2D eigenvalue weighted by molar-refractivity contribution is 0.0978. The van der Waals surface area contributed by atoms with Crippen molar-refractivity contribution >= 4 is 0 Å². The monoisotopic (exact) mass is 148 g/mol. The third-order valence-corrected chi connectivity index (χ3v) is 6.07. The Bertz CT molecular complexity index is 273. The first-order valence-corrected chi connectivity index (χ1v) is 4.96. The topological polar surface area (TPSA) is 20.2 Å². The fourth-order valence-corrected chi connectivity index (χ4v) is 6.15. The van der Waals surface area contributed by atoms with E-state index in [1.165, 1.54) is 0 Å². The van der Waals surface area contributed by atoms with Gasteiger partial charge in [-0.15, -0.1) is 0 Å². The maximum absolute atomic E-state index is 9.86. The van der Waals surface area contributed by atoms with Crippen LogP contribution in [-0.4, -0.2) is 11.2 Å². The van der Waals surface area contributed by atoms with Crippen LogP contribution in [0, 0.1) is 46.8 Å². The lowest BCUT2D eigenvalue weighted by Crippen LogP contribution is -2.18. The van der Waals surface area contributed by atoms with E-state index in [4.69, 9.17) is 0 Å². The molecule has 2 bridgehead atoms. The predicted molar refractivity (Wildman–Crippen MR) is 38.5 cm³/mol. The Morgan fingerprint density at radius 3 is 1.73 bits per heavy atom. The smallest absolute Gasteiger partial charge is 0.0608 e. The molecule has 0 spiro atoms. The van der Waals surface area contributed by atoms with E-state index in [-0.39, 0.29) is 6.10 Å². The van der Waals surface area contributed by atoms with Gasteiger partial charge in [-0.05, 0) is 46.8 Å². The molecule has 0 saturated heterocycles. The van der Waals surface area contributed by atoms with Crippen LogP contribution >= 0.6 is 0 Å². The Hall–Kier alpha value is -0.0400. The van der Waals surface area contributed by atoms with Crippen LogP contribution < -0.4 is 0 Å². The Labute approximate surface area is 65.8 Å². The Morgan fingerprint density at radius 1 is 0.909 bits per heavy atom. The lowest BCUT2D eigenvalue weighted by Gasteiger charge is -2.12. The number of hydrogen-bond donors (Lipinski definition) is 1. The first-order valence-electron chi connectivity index (χ1n) is 4.96. The molecule has 6 aliphatic rings. The zero-order valence-corrected chi connectivity index (χ0v) is 6.57. The number of aliphatic hydroxyl groups excluding tert-OH is 1. The largest absolute Gasteiger partial charge is 0.393 e. The zero-order valence-electron chi connectivity index (χ0n) is 6.57. The van der Waals surface area contributed by atoms with Crippen molar-refractivity contribution in [2.45, 2.75) is 13.0 Å². The van der Waals surface area contributed by atoms with Crippen molar-refractivity contribution in [1.29, 1.82) is 0 Å². The molecule has 0 aromatic heterocycles. The average Bonchev–Trinajstić information content (AvgIpc) is 2.73. The van der Waals surface area contributed by atoms with E-state index >= 15 is 0 Å². The molecule has 1 N–H and O–H groups in total. The van der Waals surface area contributed by atoms with Gasteiger partial charge in [-0.25, -0.2) is 0 Å². The molecular formula is C10H12O. The highest BCUT2D eigenvalue weighted by atomic mass is 16.3. The van der Waals surface area contributed by atoms with Crippen LogP contribution in [0.25, 0.3) is 0 Å². The highest BCUT2D eigenvalue weighted by molar-refractivity contribution is 5.44. The summed E-state index contributed by atoms with van der Waals surface area (Å²) in [6, 6.07) is 0. The molecule has 0 heterocycles. The van der Waals surface area contributed by atoms with Gasteiger partial charge in [-0.1, -0.05) is 6.92 Å². The van der Waals surface area contributed by atoms with Gasteiger partial charge in [-0.3, -0.25) is 0 Å². The molecule has 6 rings (SSSR count). The molecule has 1 heteroatoms. The van der Waals surface area contributed by atoms with Crippen LogP contribution in [0.5, 0.6) is 0 Å². The molecule has 6 atom stereocenters. The molecular weight excluding hydrogens is 136 g/mol. The molecule has 0 aromatic rings. The molecule has 6 aliphatic carbocycles. The third-order valence-electron chi connectivity index (χ3n) is 6.07. The Morgan fingerprint density at radius 2 is 1.45 bits per heavy atom. The maximum atomic E-state index is 9.86. The molecule has 0 aliphatic heterocycles. The minimum Gasteiger partial charge on any atom is -0.393 e. The van der Waals surface area contributed by atoms with Crippen LogP contribution in [0.2, 0.25) is 0 Å². The average molecular weight is 148 g/mol. The second kappa shape index (κ2) is 0.891. The van der Waals surface area contributed by atoms with Crippen molar-refractivity contribution < 1.29 is 5.11 Å². The van der Waals surface area contributed by atoms with E-state index in [9.17, 15) is 5.11 Å². The Kier molecular flexibility index (Phi) is 0.393. The maximum Gasteiger partial charge on any atom is 0.0608 e. The molecule has 6 fully saturated rings. The highest BCUT2D eigenvalue weighted by Crippen LogP contribution is 2.99. The van der Waals surface area contributed by atoms with E-state index in [0.29, 0.717) is 0 Å². The van der Waals surface area contributed by atoms with Crippen LogP contribution in [0.4, 0.5) is 0 Å². The van der Waals surface area contributed by atoms with E-state index in [1.54, 1.807) is 0 Å². The van der Waals surface area contributed by atoms with Crippen LogP contribution in [0.3, 0.4) is 0 Å². The first-order chi connectivity index (χ1) is 5.28. The lowest BCUT2D eigenvalue weighted by atomic mass is 9.99. The molecule has 0 aromatic carbocycles. The minimum absolute atomic E-state index is 0.145. The van der Waals surface area contributed by atoms with Gasteiger partial charge in [-0.2, -0.15) is 0 Å². The summed E-state index contributed by atoms with van der Waals surface area (Å²) in [5.41, 5.74) is 0.768. The zero-order chi connectivity index (χ0) is 7.12. The molecule has 58 valence electrons. The van der Waals surface area contributed by atoms with Gasteiger partial charge >= 0.3 is 0 Å². The van der Waals surface area contributed by atoms with Crippen molar-refractivity contribution in [3.05, 3.63) is 0 Å². The van der Waals surface area contributed by atoms with Gasteiger partial charge in [0.05, 0.1) is 6.10 Å². The van der Waals surface area contributed by atoms with E-state index in [0.717, 1.165) is 46.8 Å². The summed E-state index contributed by atoms with van der Waals surface area (Å²) in [4.78, 5) is 0. The molecule has 6 saturated carbocycles. The van der Waals surface area contributed by atoms with Crippen LogP contribution in [-0.2, 0) is 0 Å². The summed E-state index contributed by atoms with van der Waals surface area (Å²) in [6.45, 7) is 2.49. The minimum atomic E-state index is 0.145. The molecule has 0 radical (unpaired) electrons. The third kappa shape index (κ3) is 0.217. The van der Waals surface area contributed by atoms with Gasteiger partial charge in [0.25, 0.3) is 0 Å². The summed E-state index contributed by atoms with van der Waals surface area (Å²) in [5.74, 6) is 6.65. The number of hydrogen-bond acceptors (Lipinski definition) is 1. The van der Waals surface area contributed by atoms with Gasteiger partial charge in [0.15, 0.2) is 0 Å². The van der Waals surface area contributed by atoms with Gasteiger partial charge in [0.2, 0.25) is 0 Å². The van der Waals surface area contributed by atoms with Gasteiger partial charge in [0.1, 0.15) is 0 Å². The SMILES string of the molecule is CC12C3C4C3C3C(O)C4C1C32. The quantitative estimate of drug-likeness (QED) is 0.537. The van der Waals surface area contributed by atoms with Gasteiger partial charge < -0.3 is 5.11 Å². The molecule has 11 heavy (non-hydrogen) atoms. The van der Waals surface area contributed by atoms with Gasteiger partial charge in [0, 0.05) is 0 Å². The standard InChI is InChI=1S/C10H12O/c1-10-6-2-3(6)5-8(10)7(10)4(2)9(5)11/h2-9,11H,1H3. The second-order valence-corrected chi connectivity index (χ2v) is 5.74.